The van der Waals surface area contributed by atoms with Gasteiger partial charge in [0.05, 0.1) is 19.4 Å². The van der Waals surface area contributed by atoms with E-state index in [1.54, 1.807) is 24.3 Å². The largest absolute Gasteiger partial charge is 0.507 e. The molecule has 7 nitrogen and oxygen atoms in total. The Labute approximate surface area is 168 Å². The number of aromatic hydroxyl groups is 1. The van der Waals surface area contributed by atoms with E-state index in [2.05, 4.69) is 22.8 Å². The van der Waals surface area contributed by atoms with Crippen LogP contribution < -0.4 is 15.5 Å². The first-order chi connectivity index (χ1) is 13.5. The molecule has 0 aliphatic heterocycles. The Morgan fingerprint density at radius 1 is 1.21 bits per heavy atom. The standard InChI is InChI=1S/C20H22ClN3O4/c1-2-3-10-28-17-7-4-14(5-8-17)20(27)22-13-19(26)24-23-12-15-11-16(21)6-9-18(15)25/h4-9,11-12,25H,2-3,10,13H2,1H3,(H,22,27)(H,24,26)/b23-12-. The van der Waals surface area contributed by atoms with E-state index in [0.29, 0.717) is 28.5 Å². The summed E-state index contributed by atoms with van der Waals surface area (Å²) in [6, 6.07) is 11.2. The Morgan fingerprint density at radius 2 is 1.96 bits per heavy atom. The average Bonchev–Trinajstić information content (AvgIpc) is 2.69. The van der Waals surface area contributed by atoms with Gasteiger partial charge < -0.3 is 15.2 Å². The van der Waals surface area contributed by atoms with Crippen LogP contribution in [-0.2, 0) is 4.79 Å². The lowest BCUT2D eigenvalue weighted by atomic mass is 10.2. The number of benzene rings is 2. The second kappa shape index (κ2) is 10.9. The molecule has 2 aromatic rings. The fraction of sp³-hybridized carbons (Fsp3) is 0.250. The number of hydrazone groups is 1. The Bertz CT molecular complexity index is 838. The van der Waals surface area contributed by atoms with E-state index in [1.807, 2.05) is 0 Å². The van der Waals surface area contributed by atoms with Crippen molar-refractivity contribution in [3.63, 3.8) is 0 Å². The highest BCUT2D eigenvalue weighted by Crippen LogP contribution is 2.19. The third-order valence-electron chi connectivity index (χ3n) is 3.68. The van der Waals surface area contributed by atoms with E-state index < -0.39 is 5.91 Å². The van der Waals surface area contributed by atoms with Crippen LogP contribution in [0, 0.1) is 0 Å². The van der Waals surface area contributed by atoms with Crippen LogP contribution >= 0.6 is 11.6 Å². The van der Waals surface area contributed by atoms with E-state index in [9.17, 15) is 14.7 Å². The van der Waals surface area contributed by atoms with Crippen LogP contribution in [0.2, 0.25) is 5.02 Å². The molecule has 2 aromatic carbocycles. The number of hydrogen-bond donors (Lipinski definition) is 3. The van der Waals surface area contributed by atoms with Gasteiger partial charge in [0.25, 0.3) is 11.8 Å². The van der Waals surface area contributed by atoms with Crippen molar-refractivity contribution >= 4 is 29.6 Å². The zero-order valence-corrected chi connectivity index (χ0v) is 16.2. The van der Waals surface area contributed by atoms with E-state index >= 15 is 0 Å². The lowest BCUT2D eigenvalue weighted by molar-refractivity contribution is -0.120. The average molecular weight is 404 g/mol. The number of carbonyl (C=O) groups is 2. The third kappa shape index (κ3) is 6.92. The van der Waals surface area contributed by atoms with Crippen molar-refractivity contribution in [2.75, 3.05) is 13.2 Å². The molecule has 0 spiro atoms. The summed E-state index contributed by atoms with van der Waals surface area (Å²) in [6.45, 7) is 2.47. The maximum absolute atomic E-state index is 12.1. The topological polar surface area (TPSA) is 100 Å². The highest BCUT2D eigenvalue weighted by Gasteiger charge is 2.08. The van der Waals surface area contributed by atoms with Gasteiger partial charge in [-0.25, -0.2) is 5.43 Å². The summed E-state index contributed by atoms with van der Waals surface area (Å²) in [6.07, 6.45) is 3.28. The first kappa shape index (κ1) is 21.2. The number of halogens is 1. The highest BCUT2D eigenvalue weighted by atomic mass is 35.5. The number of carbonyl (C=O) groups excluding carboxylic acids is 2. The van der Waals surface area contributed by atoms with Crippen molar-refractivity contribution in [1.82, 2.24) is 10.7 Å². The van der Waals surface area contributed by atoms with Crippen LogP contribution in [0.4, 0.5) is 0 Å². The maximum Gasteiger partial charge on any atom is 0.259 e. The fourth-order valence-corrected chi connectivity index (χ4v) is 2.32. The number of hydrogen-bond acceptors (Lipinski definition) is 5. The van der Waals surface area contributed by atoms with Crippen molar-refractivity contribution in [2.24, 2.45) is 5.10 Å². The van der Waals surface area contributed by atoms with Crippen molar-refractivity contribution in [2.45, 2.75) is 19.8 Å². The van der Waals surface area contributed by atoms with Gasteiger partial charge in [-0.05, 0) is 48.9 Å². The first-order valence-corrected chi connectivity index (χ1v) is 9.19. The van der Waals surface area contributed by atoms with E-state index in [0.717, 1.165) is 12.8 Å². The molecule has 0 fully saturated rings. The van der Waals surface area contributed by atoms with E-state index in [4.69, 9.17) is 16.3 Å². The van der Waals surface area contributed by atoms with Gasteiger partial charge in [-0.3, -0.25) is 9.59 Å². The number of rotatable bonds is 9. The van der Waals surface area contributed by atoms with Crippen molar-refractivity contribution in [1.29, 1.82) is 0 Å². The SMILES string of the molecule is CCCCOc1ccc(C(=O)NCC(=O)N/N=C\c2cc(Cl)ccc2O)cc1. The van der Waals surface area contributed by atoms with Gasteiger partial charge >= 0.3 is 0 Å². The summed E-state index contributed by atoms with van der Waals surface area (Å²) in [5.74, 6) is -0.212. The number of nitrogens with zero attached hydrogens (tertiary/aromatic N) is 1. The molecule has 2 amide bonds. The number of phenols is 1. The summed E-state index contributed by atoms with van der Waals surface area (Å²) < 4.78 is 5.54. The molecule has 0 aromatic heterocycles. The summed E-state index contributed by atoms with van der Waals surface area (Å²) in [4.78, 5) is 23.9. The lowest BCUT2D eigenvalue weighted by Gasteiger charge is -2.07. The Balaban J connectivity index is 1.78. The van der Waals surface area contributed by atoms with Gasteiger partial charge in [0.15, 0.2) is 0 Å². The highest BCUT2D eigenvalue weighted by molar-refractivity contribution is 6.30. The molecule has 0 aliphatic carbocycles. The molecule has 0 atom stereocenters. The Hall–Kier alpha value is -3.06. The summed E-state index contributed by atoms with van der Waals surface area (Å²) in [5.41, 5.74) is 3.04. The minimum Gasteiger partial charge on any atom is -0.507 e. The minimum absolute atomic E-state index is 0.0159. The summed E-state index contributed by atoms with van der Waals surface area (Å²) >= 11 is 5.83. The molecule has 0 saturated heterocycles. The van der Waals surface area contributed by atoms with Crippen molar-refractivity contribution < 1.29 is 19.4 Å². The van der Waals surface area contributed by atoms with Gasteiger partial charge in [0.2, 0.25) is 0 Å². The smallest absolute Gasteiger partial charge is 0.259 e. The molecular formula is C20H22ClN3O4. The van der Waals surface area contributed by atoms with Crippen molar-refractivity contribution in [3.8, 4) is 11.5 Å². The summed E-state index contributed by atoms with van der Waals surface area (Å²) in [7, 11) is 0. The maximum atomic E-state index is 12.1. The second-order valence-electron chi connectivity index (χ2n) is 5.91. The predicted molar refractivity (Wildman–Crippen MR) is 108 cm³/mol. The normalized spacial score (nSPS) is 10.6. The molecule has 148 valence electrons. The quantitative estimate of drug-likeness (QED) is 0.340. The van der Waals surface area contributed by atoms with Crippen LogP contribution in [0.3, 0.4) is 0 Å². The monoisotopic (exact) mass is 403 g/mol. The molecule has 28 heavy (non-hydrogen) atoms. The predicted octanol–water partition coefficient (Wildman–Crippen LogP) is 3.10. The minimum atomic E-state index is -0.509. The van der Waals surface area contributed by atoms with Crippen molar-refractivity contribution in [3.05, 3.63) is 58.6 Å². The van der Waals surface area contributed by atoms with Crippen LogP contribution in [-0.4, -0.2) is 36.3 Å². The second-order valence-corrected chi connectivity index (χ2v) is 6.34. The van der Waals surface area contributed by atoms with Gasteiger partial charge in [-0.1, -0.05) is 24.9 Å². The van der Waals surface area contributed by atoms with Gasteiger partial charge in [-0.2, -0.15) is 5.10 Å². The molecule has 0 saturated carbocycles. The molecule has 2 rings (SSSR count). The fourth-order valence-electron chi connectivity index (χ4n) is 2.14. The van der Waals surface area contributed by atoms with E-state index in [-0.39, 0.29) is 18.2 Å². The molecule has 0 radical (unpaired) electrons. The van der Waals surface area contributed by atoms with E-state index in [1.165, 1.54) is 24.4 Å². The molecule has 0 bridgehead atoms. The zero-order chi connectivity index (χ0) is 20.4. The van der Waals surface area contributed by atoms with Gasteiger partial charge in [-0.15, -0.1) is 0 Å². The van der Waals surface area contributed by atoms with Crippen LogP contribution in [0.25, 0.3) is 0 Å². The molecule has 0 unspecified atom stereocenters. The number of phenolic OH excluding ortho intramolecular Hbond substituents is 1. The van der Waals surface area contributed by atoms with Crippen LogP contribution in [0.5, 0.6) is 11.5 Å². The number of nitrogens with one attached hydrogen (secondary N) is 2. The van der Waals surface area contributed by atoms with Crippen LogP contribution in [0.15, 0.2) is 47.6 Å². The van der Waals surface area contributed by atoms with Crippen LogP contribution in [0.1, 0.15) is 35.7 Å². The zero-order valence-electron chi connectivity index (χ0n) is 15.4. The molecular weight excluding hydrogens is 382 g/mol. The molecule has 0 aliphatic rings. The Morgan fingerprint density at radius 3 is 2.68 bits per heavy atom. The molecule has 0 heterocycles. The van der Waals surface area contributed by atoms with Gasteiger partial charge in [0, 0.05) is 16.1 Å². The number of ether oxygens (including phenoxy) is 1. The molecule has 3 N–H and O–H groups in total. The van der Waals surface area contributed by atoms with Gasteiger partial charge in [0.1, 0.15) is 11.5 Å². The Kier molecular flexibility index (Phi) is 8.30. The summed E-state index contributed by atoms with van der Waals surface area (Å²) in [5, 5.41) is 16.3. The number of unbranched alkanes of at least 4 members (excludes halogenated alkanes) is 1. The lowest BCUT2D eigenvalue weighted by Crippen LogP contribution is -2.34. The number of amides is 2. The molecule has 8 heteroatoms. The third-order valence-corrected chi connectivity index (χ3v) is 3.91. The first-order valence-electron chi connectivity index (χ1n) is 8.81.